The molecule has 0 radical (unpaired) electrons. The Morgan fingerprint density at radius 1 is 1.12 bits per heavy atom. The Balaban J connectivity index is 1.37. The molecule has 0 unspecified atom stereocenters. The normalized spacial score (nSPS) is 13.3. The molecule has 1 saturated heterocycles. The highest BCUT2D eigenvalue weighted by molar-refractivity contribution is 7.18. The van der Waals surface area contributed by atoms with E-state index < -0.39 is 11.7 Å². The first-order valence-electron chi connectivity index (χ1n) is 10.4. The standard InChI is InChI=1S/C24H21ClFN3O3S/c1-14-11-20(28-23(31)18-9-6-16(26)12-19(18)25)33-22(14)24(32)27-13-15-4-7-17(8-5-15)29-10-2-3-21(29)30/h4-9,11-12H,2-3,10,13H2,1H3,(H,27,32)(H,28,31). The Labute approximate surface area is 199 Å². The van der Waals surface area contributed by atoms with Crippen LogP contribution in [-0.2, 0) is 11.3 Å². The number of aryl methyl sites for hydroxylation is 1. The van der Waals surface area contributed by atoms with E-state index in [1.807, 2.05) is 24.3 Å². The zero-order valence-electron chi connectivity index (χ0n) is 17.8. The average Bonchev–Trinajstić information content (AvgIpc) is 3.37. The van der Waals surface area contributed by atoms with Crippen LogP contribution in [0.3, 0.4) is 0 Å². The number of amides is 3. The number of nitrogens with one attached hydrogen (secondary N) is 2. The first kappa shape index (κ1) is 22.9. The third-order valence-electron chi connectivity index (χ3n) is 5.31. The van der Waals surface area contributed by atoms with Crippen molar-refractivity contribution in [3.05, 3.63) is 80.9 Å². The summed E-state index contributed by atoms with van der Waals surface area (Å²) in [6.07, 6.45) is 1.45. The highest BCUT2D eigenvalue weighted by Crippen LogP contribution is 2.28. The molecule has 1 aromatic heterocycles. The zero-order valence-corrected chi connectivity index (χ0v) is 19.4. The largest absolute Gasteiger partial charge is 0.347 e. The van der Waals surface area contributed by atoms with Gasteiger partial charge in [-0.15, -0.1) is 11.3 Å². The average molecular weight is 486 g/mol. The van der Waals surface area contributed by atoms with Crippen molar-refractivity contribution in [2.45, 2.75) is 26.3 Å². The predicted octanol–water partition coefficient (Wildman–Crippen LogP) is 5.16. The smallest absolute Gasteiger partial charge is 0.261 e. The molecule has 1 aliphatic heterocycles. The second-order valence-corrected chi connectivity index (χ2v) is 9.16. The summed E-state index contributed by atoms with van der Waals surface area (Å²) in [7, 11) is 0. The van der Waals surface area contributed by atoms with Gasteiger partial charge in [-0.2, -0.15) is 0 Å². The molecule has 9 heteroatoms. The van der Waals surface area contributed by atoms with Gasteiger partial charge in [0.1, 0.15) is 5.82 Å². The molecular weight excluding hydrogens is 465 g/mol. The number of hydrogen-bond donors (Lipinski definition) is 2. The lowest BCUT2D eigenvalue weighted by molar-refractivity contribution is -0.117. The highest BCUT2D eigenvalue weighted by atomic mass is 35.5. The molecule has 1 fully saturated rings. The number of halogens is 2. The fourth-order valence-corrected chi connectivity index (χ4v) is 4.84. The van der Waals surface area contributed by atoms with Gasteiger partial charge in [0.25, 0.3) is 11.8 Å². The Kier molecular flexibility index (Phi) is 6.76. The Hall–Kier alpha value is -3.23. The van der Waals surface area contributed by atoms with Crippen LogP contribution in [0, 0.1) is 12.7 Å². The minimum absolute atomic E-state index is 0.0128. The maximum atomic E-state index is 13.2. The second kappa shape index (κ2) is 9.72. The minimum Gasteiger partial charge on any atom is -0.347 e. The number of carbonyl (C=O) groups excluding carboxylic acids is 3. The first-order valence-corrected chi connectivity index (χ1v) is 11.6. The summed E-state index contributed by atoms with van der Waals surface area (Å²) in [6.45, 7) is 2.85. The number of carbonyl (C=O) groups is 3. The summed E-state index contributed by atoms with van der Waals surface area (Å²) >= 11 is 7.10. The summed E-state index contributed by atoms with van der Waals surface area (Å²) < 4.78 is 13.2. The van der Waals surface area contributed by atoms with Crippen molar-refractivity contribution in [1.82, 2.24) is 5.32 Å². The van der Waals surface area contributed by atoms with Crippen LogP contribution in [0.15, 0.2) is 48.5 Å². The van der Waals surface area contributed by atoms with Crippen molar-refractivity contribution in [3.63, 3.8) is 0 Å². The van der Waals surface area contributed by atoms with E-state index in [-0.39, 0.29) is 22.4 Å². The molecule has 1 aliphatic rings. The van der Waals surface area contributed by atoms with Gasteiger partial charge < -0.3 is 15.5 Å². The molecule has 0 aliphatic carbocycles. The second-order valence-electron chi connectivity index (χ2n) is 7.70. The zero-order chi connectivity index (χ0) is 23.5. The van der Waals surface area contributed by atoms with Gasteiger partial charge in [-0.1, -0.05) is 23.7 Å². The minimum atomic E-state index is -0.526. The van der Waals surface area contributed by atoms with Gasteiger partial charge in [0.2, 0.25) is 5.91 Å². The van der Waals surface area contributed by atoms with Crippen LogP contribution >= 0.6 is 22.9 Å². The molecule has 170 valence electrons. The molecule has 4 rings (SSSR count). The van der Waals surface area contributed by atoms with Gasteiger partial charge in [0, 0.05) is 25.2 Å². The lowest BCUT2D eigenvalue weighted by atomic mass is 10.2. The summed E-state index contributed by atoms with van der Waals surface area (Å²) in [5.74, 6) is -1.13. The number of nitrogens with zero attached hydrogens (tertiary/aromatic N) is 1. The van der Waals surface area contributed by atoms with Crippen molar-refractivity contribution in [1.29, 1.82) is 0 Å². The molecule has 3 amide bonds. The number of hydrogen-bond acceptors (Lipinski definition) is 4. The van der Waals surface area contributed by atoms with Crippen LogP contribution in [0.5, 0.6) is 0 Å². The van der Waals surface area contributed by atoms with Crippen molar-refractivity contribution >= 4 is 51.3 Å². The lowest BCUT2D eigenvalue weighted by Gasteiger charge is -2.16. The van der Waals surface area contributed by atoms with Crippen molar-refractivity contribution in [2.24, 2.45) is 0 Å². The van der Waals surface area contributed by atoms with Crippen LogP contribution in [0.2, 0.25) is 5.02 Å². The van der Waals surface area contributed by atoms with Crippen LogP contribution in [-0.4, -0.2) is 24.3 Å². The molecule has 0 saturated carbocycles. The summed E-state index contributed by atoms with van der Waals surface area (Å²) in [6, 6.07) is 12.8. The van der Waals surface area contributed by atoms with Crippen molar-refractivity contribution in [2.75, 3.05) is 16.8 Å². The molecule has 2 heterocycles. The number of anilines is 2. The van der Waals surface area contributed by atoms with Crippen LogP contribution in [0.4, 0.5) is 15.1 Å². The monoisotopic (exact) mass is 485 g/mol. The van der Waals surface area contributed by atoms with Crippen LogP contribution < -0.4 is 15.5 Å². The van der Waals surface area contributed by atoms with Gasteiger partial charge in [-0.05, 0) is 60.9 Å². The third-order valence-corrected chi connectivity index (χ3v) is 6.78. The molecule has 2 aromatic carbocycles. The predicted molar refractivity (Wildman–Crippen MR) is 128 cm³/mol. The van der Waals surface area contributed by atoms with E-state index >= 15 is 0 Å². The summed E-state index contributed by atoms with van der Waals surface area (Å²) in [5, 5.41) is 6.09. The van der Waals surface area contributed by atoms with Crippen molar-refractivity contribution in [3.8, 4) is 0 Å². The molecular formula is C24H21ClFN3O3S. The van der Waals surface area contributed by atoms with E-state index in [2.05, 4.69) is 10.6 Å². The van der Waals surface area contributed by atoms with E-state index in [0.29, 0.717) is 22.8 Å². The Morgan fingerprint density at radius 3 is 2.55 bits per heavy atom. The van der Waals surface area contributed by atoms with E-state index in [1.54, 1.807) is 17.9 Å². The van der Waals surface area contributed by atoms with Gasteiger partial charge in [0.15, 0.2) is 0 Å². The van der Waals surface area contributed by atoms with Gasteiger partial charge in [0.05, 0.1) is 20.5 Å². The SMILES string of the molecule is Cc1cc(NC(=O)c2ccc(F)cc2Cl)sc1C(=O)NCc1ccc(N2CCCC2=O)cc1. The van der Waals surface area contributed by atoms with E-state index in [9.17, 15) is 18.8 Å². The maximum absolute atomic E-state index is 13.2. The molecule has 0 spiro atoms. The van der Waals surface area contributed by atoms with Crippen LogP contribution in [0.25, 0.3) is 0 Å². The molecule has 0 atom stereocenters. The third kappa shape index (κ3) is 5.23. The number of thiophene rings is 1. The molecule has 0 bridgehead atoms. The lowest BCUT2D eigenvalue weighted by Crippen LogP contribution is -2.24. The van der Waals surface area contributed by atoms with E-state index in [1.165, 1.54) is 6.07 Å². The molecule has 33 heavy (non-hydrogen) atoms. The quantitative estimate of drug-likeness (QED) is 0.506. The van der Waals surface area contributed by atoms with Gasteiger partial charge in [-0.3, -0.25) is 14.4 Å². The topological polar surface area (TPSA) is 78.5 Å². The van der Waals surface area contributed by atoms with Gasteiger partial charge >= 0.3 is 0 Å². The van der Waals surface area contributed by atoms with Gasteiger partial charge in [-0.25, -0.2) is 4.39 Å². The maximum Gasteiger partial charge on any atom is 0.261 e. The van der Waals surface area contributed by atoms with Crippen LogP contribution in [0.1, 0.15) is 44.0 Å². The van der Waals surface area contributed by atoms with E-state index in [4.69, 9.17) is 11.6 Å². The number of benzene rings is 2. The molecule has 2 N–H and O–H groups in total. The van der Waals surface area contributed by atoms with E-state index in [0.717, 1.165) is 53.2 Å². The fraction of sp³-hybridized carbons (Fsp3) is 0.208. The highest BCUT2D eigenvalue weighted by Gasteiger charge is 2.21. The Morgan fingerprint density at radius 2 is 1.88 bits per heavy atom. The Bertz CT molecular complexity index is 1230. The number of rotatable bonds is 6. The first-order chi connectivity index (χ1) is 15.8. The molecule has 3 aromatic rings. The van der Waals surface area contributed by atoms with Crippen molar-refractivity contribution < 1.29 is 18.8 Å². The summed E-state index contributed by atoms with van der Waals surface area (Å²) in [4.78, 5) is 39.3. The fourth-order valence-electron chi connectivity index (χ4n) is 3.60. The molecule has 6 nitrogen and oxygen atoms in total. The summed E-state index contributed by atoms with van der Waals surface area (Å²) in [5.41, 5.74) is 2.64.